The van der Waals surface area contributed by atoms with Crippen molar-refractivity contribution in [1.29, 1.82) is 0 Å². The van der Waals surface area contributed by atoms with Gasteiger partial charge in [-0.25, -0.2) is 0 Å². The molecule has 0 aromatic heterocycles. The molecule has 2 heteroatoms. The normalized spacial score (nSPS) is 34.9. The van der Waals surface area contributed by atoms with Gasteiger partial charge in [0.05, 0.1) is 5.54 Å². The van der Waals surface area contributed by atoms with Crippen LogP contribution in [0.5, 0.6) is 0 Å². The zero-order chi connectivity index (χ0) is 11.0. The maximum Gasteiger partial charge on any atom is 0.0567 e. The molecule has 2 fully saturated rings. The molecule has 2 aliphatic rings. The Balaban J connectivity index is 1.96. The lowest BCUT2D eigenvalue weighted by molar-refractivity contribution is 0.106. The van der Waals surface area contributed by atoms with Gasteiger partial charge in [0.1, 0.15) is 0 Å². The van der Waals surface area contributed by atoms with Crippen LogP contribution >= 0.6 is 0 Å². The lowest BCUT2D eigenvalue weighted by Crippen LogP contribution is -2.57. The Morgan fingerprint density at radius 1 is 1.12 bits per heavy atom. The fourth-order valence-corrected chi connectivity index (χ4v) is 3.50. The van der Waals surface area contributed by atoms with Crippen LogP contribution in [0, 0.1) is 0 Å². The van der Waals surface area contributed by atoms with Crippen LogP contribution in [-0.4, -0.2) is 24.0 Å². The predicted molar refractivity (Wildman–Crippen MR) is 66.1 cm³/mol. The van der Waals surface area contributed by atoms with E-state index in [1.807, 2.05) is 0 Å². The Labute approximate surface area is 97.4 Å². The molecule has 2 nitrogen and oxygen atoms in total. The summed E-state index contributed by atoms with van der Waals surface area (Å²) in [5, 5.41) is 0. The SMILES string of the molecule is NC1(c2ccccc2)CCCN2CCC[C@H]21. The largest absolute Gasteiger partial charge is 0.320 e. The average molecular weight is 216 g/mol. The molecule has 0 amide bonds. The van der Waals surface area contributed by atoms with Crippen LogP contribution in [-0.2, 0) is 5.54 Å². The van der Waals surface area contributed by atoms with Crippen LogP contribution in [0.15, 0.2) is 30.3 Å². The molecule has 1 aromatic carbocycles. The molecule has 2 N–H and O–H groups in total. The fourth-order valence-electron chi connectivity index (χ4n) is 3.50. The highest BCUT2D eigenvalue weighted by Gasteiger charge is 2.44. The number of hydrogen-bond acceptors (Lipinski definition) is 2. The number of nitrogens with zero attached hydrogens (tertiary/aromatic N) is 1. The highest BCUT2D eigenvalue weighted by Crippen LogP contribution is 2.39. The molecule has 0 saturated carbocycles. The van der Waals surface area contributed by atoms with Gasteiger partial charge in [0.2, 0.25) is 0 Å². The Bertz CT molecular complexity index is 362. The lowest BCUT2D eigenvalue weighted by atomic mass is 9.76. The van der Waals surface area contributed by atoms with Crippen LogP contribution in [0.3, 0.4) is 0 Å². The third kappa shape index (κ3) is 1.48. The van der Waals surface area contributed by atoms with Gasteiger partial charge in [0.15, 0.2) is 0 Å². The highest BCUT2D eigenvalue weighted by atomic mass is 15.2. The second kappa shape index (κ2) is 3.86. The van der Waals surface area contributed by atoms with Crippen LogP contribution in [0.25, 0.3) is 0 Å². The number of piperidine rings is 1. The van der Waals surface area contributed by atoms with Crippen LogP contribution < -0.4 is 5.73 Å². The van der Waals surface area contributed by atoms with E-state index in [1.165, 1.54) is 37.9 Å². The van der Waals surface area contributed by atoms with Gasteiger partial charge < -0.3 is 5.73 Å². The topological polar surface area (TPSA) is 29.3 Å². The van der Waals surface area contributed by atoms with Gasteiger partial charge in [0.25, 0.3) is 0 Å². The molecule has 0 spiro atoms. The van der Waals surface area contributed by atoms with E-state index in [4.69, 9.17) is 5.73 Å². The number of nitrogens with two attached hydrogens (primary N) is 1. The summed E-state index contributed by atoms with van der Waals surface area (Å²) in [7, 11) is 0. The minimum atomic E-state index is -0.101. The first kappa shape index (κ1) is 10.3. The number of hydrogen-bond donors (Lipinski definition) is 1. The standard InChI is InChI=1S/C14H20N2/c15-14(12-6-2-1-3-7-12)9-5-11-16-10-4-8-13(14)16/h1-3,6-7,13H,4-5,8-11,15H2/t13-,14?/m0/s1. The van der Waals surface area contributed by atoms with E-state index in [0.29, 0.717) is 6.04 Å². The van der Waals surface area contributed by atoms with E-state index >= 15 is 0 Å². The second-order valence-corrected chi connectivity index (χ2v) is 5.20. The molecule has 0 aliphatic carbocycles. The van der Waals surface area contributed by atoms with Gasteiger partial charge in [-0.3, -0.25) is 4.90 Å². The van der Waals surface area contributed by atoms with Crippen molar-refractivity contribution >= 4 is 0 Å². The molecule has 0 bridgehead atoms. The second-order valence-electron chi connectivity index (χ2n) is 5.20. The van der Waals surface area contributed by atoms with Crippen LogP contribution in [0.1, 0.15) is 31.2 Å². The predicted octanol–water partition coefficient (Wildman–Crippen LogP) is 2.10. The Kier molecular flexibility index (Phi) is 2.49. The summed E-state index contributed by atoms with van der Waals surface area (Å²) in [5.41, 5.74) is 7.95. The molecular formula is C14H20N2. The molecule has 16 heavy (non-hydrogen) atoms. The number of fused-ring (bicyclic) bond motifs is 1. The van der Waals surface area contributed by atoms with Gasteiger partial charge >= 0.3 is 0 Å². The first-order valence-electron chi connectivity index (χ1n) is 6.39. The maximum atomic E-state index is 6.72. The van der Waals surface area contributed by atoms with Gasteiger partial charge in [-0.1, -0.05) is 30.3 Å². The number of rotatable bonds is 1. The van der Waals surface area contributed by atoms with Crippen molar-refractivity contribution in [2.75, 3.05) is 13.1 Å². The summed E-state index contributed by atoms with van der Waals surface area (Å²) in [6.07, 6.45) is 4.96. The molecule has 0 radical (unpaired) electrons. The Morgan fingerprint density at radius 2 is 1.88 bits per heavy atom. The molecule has 3 rings (SSSR count). The van der Waals surface area contributed by atoms with Crippen molar-refractivity contribution in [3.8, 4) is 0 Å². The fraction of sp³-hybridized carbons (Fsp3) is 0.571. The zero-order valence-electron chi connectivity index (χ0n) is 9.73. The Morgan fingerprint density at radius 3 is 2.69 bits per heavy atom. The molecule has 1 aromatic rings. The molecular weight excluding hydrogens is 196 g/mol. The summed E-state index contributed by atoms with van der Waals surface area (Å²) >= 11 is 0. The summed E-state index contributed by atoms with van der Waals surface area (Å²) in [6, 6.07) is 11.3. The van der Waals surface area contributed by atoms with E-state index in [-0.39, 0.29) is 5.54 Å². The molecule has 1 unspecified atom stereocenters. The summed E-state index contributed by atoms with van der Waals surface area (Å²) < 4.78 is 0. The minimum Gasteiger partial charge on any atom is -0.320 e. The number of benzene rings is 1. The van der Waals surface area contributed by atoms with Crippen LogP contribution in [0.4, 0.5) is 0 Å². The summed E-state index contributed by atoms with van der Waals surface area (Å²) in [4.78, 5) is 2.59. The van der Waals surface area contributed by atoms with Crippen molar-refractivity contribution in [1.82, 2.24) is 4.90 Å². The maximum absolute atomic E-state index is 6.72. The molecule has 2 atom stereocenters. The lowest BCUT2D eigenvalue weighted by Gasteiger charge is -2.45. The van der Waals surface area contributed by atoms with Crippen molar-refractivity contribution < 1.29 is 0 Å². The van der Waals surface area contributed by atoms with Crippen molar-refractivity contribution in [2.24, 2.45) is 5.73 Å². The van der Waals surface area contributed by atoms with Crippen molar-refractivity contribution in [3.05, 3.63) is 35.9 Å². The summed E-state index contributed by atoms with van der Waals surface area (Å²) in [5.74, 6) is 0. The van der Waals surface area contributed by atoms with Crippen molar-refractivity contribution in [2.45, 2.75) is 37.3 Å². The smallest absolute Gasteiger partial charge is 0.0567 e. The quantitative estimate of drug-likeness (QED) is 0.779. The molecule has 86 valence electrons. The zero-order valence-corrected chi connectivity index (χ0v) is 9.73. The van der Waals surface area contributed by atoms with E-state index in [9.17, 15) is 0 Å². The van der Waals surface area contributed by atoms with Gasteiger partial charge in [-0.15, -0.1) is 0 Å². The minimum absolute atomic E-state index is 0.101. The van der Waals surface area contributed by atoms with E-state index < -0.39 is 0 Å². The average Bonchev–Trinajstić information content (AvgIpc) is 2.80. The monoisotopic (exact) mass is 216 g/mol. The molecule has 2 heterocycles. The third-order valence-corrected chi connectivity index (χ3v) is 4.31. The van der Waals surface area contributed by atoms with Gasteiger partial charge in [-0.2, -0.15) is 0 Å². The van der Waals surface area contributed by atoms with Gasteiger partial charge in [-0.05, 0) is 44.3 Å². The van der Waals surface area contributed by atoms with Crippen molar-refractivity contribution in [3.63, 3.8) is 0 Å². The third-order valence-electron chi connectivity index (χ3n) is 4.31. The van der Waals surface area contributed by atoms with Crippen LogP contribution in [0.2, 0.25) is 0 Å². The van der Waals surface area contributed by atoms with Gasteiger partial charge in [0, 0.05) is 6.04 Å². The van der Waals surface area contributed by atoms with E-state index in [1.54, 1.807) is 0 Å². The van der Waals surface area contributed by atoms with E-state index in [2.05, 4.69) is 35.2 Å². The van der Waals surface area contributed by atoms with E-state index in [0.717, 1.165) is 6.42 Å². The molecule has 2 aliphatic heterocycles. The first-order chi connectivity index (χ1) is 7.81. The molecule has 2 saturated heterocycles. The summed E-state index contributed by atoms with van der Waals surface area (Å²) in [6.45, 7) is 2.49. The first-order valence-corrected chi connectivity index (χ1v) is 6.39. The highest BCUT2D eigenvalue weighted by molar-refractivity contribution is 5.27. The Hall–Kier alpha value is -0.860.